The molecule has 2 rings (SSSR count). The number of hydrogen-bond acceptors (Lipinski definition) is 4. The van der Waals surface area contributed by atoms with Gasteiger partial charge in [0.15, 0.2) is 0 Å². The summed E-state index contributed by atoms with van der Waals surface area (Å²) in [5.41, 5.74) is 0. The van der Waals surface area contributed by atoms with E-state index >= 15 is 0 Å². The molecular formula is C9H19N3S. The van der Waals surface area contributed by atoms with Crippen LogP contribution in [0.4, 0.5) is 0 Å². The van der Waals surface area contributed by atoms with E-state index in [9.17, 15) is 0 Å². The largest absolute Gasteiger partial charge is 0.300 e. The maximum absolute atomic E-state index is 3.71. The number of nitrogens with one attached hydrogen (secondary N) is 2. The van der Waals surface area contributed by atoms with E-state index in [1.54, 1.807) is 0 Å². The third kappa shape index (κ3) is 2.84. The monoisotopic (exact) mass is 201 g/mol. The topological polar surface area (TPSA) is 27.3 Å². The maximum atomic E-state index is 3.71. The molecule has 0 spiro atoms. The van der Waals surface area contributed by atoms with Gasteiger partial charge in [0, 0.05) is 19.6 Å². The summed E-state index contributed by atoms with van der Waals surface area (Å²) in [7, 11) is 2.09. The zero-order valence-corrected chi connectivity index (χ0v) is 9.07. The van der Waals surface area contributed by atoms with Crippen LogP contribution in [0.15, 0.2) is 0 Å². The second kappa shape index (κ2) is 4.64. The average molecular weight is 201 g/mol. The van der Waals surface area contributed by atoms with Crippen molar-refractivity contribution in [3.05, 3.63) is 0 Å². The molecule has 0 aromatic carbocycles. The number of hydrogen-bond donors (Lipinski definition) is 2. The SMILES string of the molecule is CN1CC(NC2CCCCC2)SN1. The zero-order chi connectivity index (χ0) is 9.10. The molecule has 0 amide bonds. The van der Waals surface area contributed by atoms with Gasteiger partial charge in [-0.05, 0) is 24.8 Å². The lowest BCUT2D eigenvalue weighted by atomic mass is 9.95. The molecule has 0 bridgehead atoms. The molecule has 1 saturated carbocycles. The van der Waals surface area contributed by atoms with Gasteiger partial charge >= 0.3 is 0 Å². The van der Waals surface area contributed by atoms with Gasteiger partial charge in [-0.3, -0.25) is 0 Å². The fraction of sp³-hybridized carbons (Fsp3) is 1.00. The summed E-state index contributed by atoms with van der Waals surface area (Å²) in [6, 6.07) is 0.777. The van der Waals surface area contributed by atoms with E-state index in [1.807, 2.05) is 11.9 Å². The lowest BCUT2D eigenvalue weighted by molar-refractivity contribution is 0.304. The number of rotatable bonds is 2. The summed E-state index contributed by atoms with van der Waals surface area (Å²) < 4.78 is 0. The van der Waals surface area contributed by atoms with Gasteiger partial charge in [0.1, 0.15) is 0 Å². The Bertz CT molecular complexity index is 156. The van der Waals surface area contributed by atoms with Crippen LogP contribution in [0.1, 0.15) is 32.1 Å². The molecule has 13 heavy (non-hydrogen) atoms. The van der Waals surface area contributed by atoms with E-state index < -0.39 is 0 Å². The van der Waals surface area contributed by atoms with Gasteiger partial charge in [-0.2, -0.15) is 4.83 Å². The molecule has 0 aromatic heterocycles. The summed E-state index contributed by atoms with van der Waals surface area (Å²) in [5, 5.41) is 6.44. The molecule has 1 heterocycles. The predicted octanol–water partition coefficient (Wildman–Crippen LogP) is 1.33. The van der Waals surface area contributed by atoms with Crippen molar-refractivity contribution in [3.63, 3.8) is 0 Å². The molecule has 1 atom stereocenters. The van der Waals surface area contributed by atoms with Gasteiger partial charge in [0.05, 0.1) is 5.37 Å². The highest BCUT2D eigenvalue weighted by molar-refractivity contribution is 7.98. The van der Waals surface area contributed by atoms with Crippen molar-refractivity contribution in [3.8, 4) is 0 Å². The van der Waals surface area contributed by atoms with Crippen molar-refractivity contribution >= 4 is 11.9 Å². The van der Waals surface area contributed by atoms with Gasteiger partial charge in [0.25, 0.3) is 0 Å². The summed E-state index contributed by atoms with van der Waals surface area (Å²) in [6.45, 7) is 1.11. The maximum Gasteiger partial charge on any atom is 0.0836 e. The quantitative estimate of drug-likeness (QED) is 0.659. The van der Waals surface area contributed by atoms with Gasteiger partial charge < -0.3 is 5.32 Å². The third-order valence-corrected chi connectivity index (χ3v) is 3.80. The molecule has 4 heteroatoms. The Morgan fingerprint density at radius 3 is 2.69 bits per heavy atom. The van der Waals surface area contributed by atoms with Crippen molar-refractivity contribution in [2.75, 3.05) is 13.6 Å². The Kier molecular flexibility index (Phi) is 3.49. The number of hydrazine groups is 1. The Hall–Kier alpha value is 0.230. The van der Waals surface area contributed by atoms with Crippen LogP contribution < -0.4 is 10.1 Å². The van der Waals surface area contributed by atoms with E-state index in [1.165, 1.54) is 32.1 Å². The highest BCUT2D eigenvalue weighted by Crippen LogP contribution is 2.21. The second-order valence-electron chi connectivity index (χ2n) is 4.08. The summed E-state index contributed by atoms with van der Waals surface area (Å²) in [4.78, 5) is 3.25. The van der Waals surface area contributed by atoms with Crippen molar-refractivity contribution in [2.45, 2.75) is 43.5 Å². The molecule has 2 aliphatic rings. The van der Waals surface area contributed by atoms with Crippen LogP contribution >= 0.6 is 11.9 Å². The number of nitrogens with zero attached hydrogens (tertiary/aromatic N) is 1. The number of likely N-dealkylation sites (N-methyl/N-ethyl adjacent to an activating group) is 1. The van der Waals surface area contributed by atoms with Crippen LogP contribution in [0, 0.1) is 0 Å². The van der Waals surface area contributed by atoms with Gasteiger partial charge in [-0.25, -0.2) is 5.01 Å². The molecule has 1 saturated heterocycles. The van der Waals surface area contributed by atoms with Crippen LogP contribution in [0.3, 0.4) is 0 Å². The first kappa shape index (κ1) is 9.77. The van der Waals surface area contributed by atoms with Gasteiger partial charge in [-0.15, -0.1) is 0 Å². The fourth-order valence-corrected chi connectivity index (χ4v) is 3.04. The Morgan fingerprint density at radius 2 is 2.08 bits per heavy atom. The van der Waals surface area contributed by atoms with Crippen LogP contribution in [0.2, 0.25) is 0 Å². The van der Waals surface area contributed by atoms with Crippen molar-refractivity contribution in [1.29, 1.82) is 0 Å². The Labute approximate surface area is 84.7 Å². The van der Waals surface area contributed by atoms with Crippen LogP contribution in [0.5, 0.6) is 0 Å². The van der Waals surface area contributed by atoms with E-state index in [0.29, 0.717) is 5.37 Å². The first-order valence-electron chi connectivity index (χ1n) is 5.23. The van der Waals surface area contributed by atoms with Crippen molar-refractivity contribution in [1.82, 2.24) is 15.2 Å². The minimum atomic E-state index is 0.591. The van der Waals surface area contributed by atoms with E-state index in [0.717, 1.165) is 12.6 Å². The highest BCUT2D eigenvalue weighted by atomic mass is 32.2. The van der Waals surface area contributed by atoms with E-state index in [2.05, 4.69) is 22.2 Å². The fourth-order valence-electron chi connectivity index (χ4n) is 2.10. The molecular weight excluding hydrogens is 182 g/mol. The van der Waals surface area contributed by atoms with E-state index in [4.69, 9.17) is 0 Å². The van der Waals surface area contributed by atoms with Gasteiger partial charge in [0.2, 0.25) is 0 Å². The second-order valence-corrected chi connectivity index (χ2v) is 5.07. The highest BCUT2D eigenvalue weighted by Gasteiger charge is 2.23. The molecule has 1 aliphatic heterocycles. The molecule has 1 aliphatic carbocycles. The van der Waals surface area contributed by atoms with E-state index in [-0.39, 0.29) is 0 Å². The van der Waals surface area contributed by atoms with Crippen LogP contribution in [-0.2, 0) is 0 Å². The van der Waals surface area contributed by atoms with Crippen molar-refractivity contribution < 1.29 is 0 Å². The minimum absolute atomic E-state index is 0.591. The first-order valence-corrected chi connectivity index (χ1v) is 6.11. The standard InChI is InChI=1S/C9H19N3S/c1-12-7-9(13-11-12)10-8-5-3-2-4-6-8/h8-11H,2-7H2,1H3. The minimum Gasteiger partial charge on any atom is -0.300 e. The predicted molar refractivity (Wildman–Crippen MR) is 57.2 cm³/mol. The lowest BCUT2D eigenvalue weighted by Gasteiger charge is -2.25. The van der Waals surface area contributed by atoms with Gasteiger partial charge in [-0.1, -0.05) is 19.3 Å². The van der Waals surface area contributed by atoms with Crippen molar-refractivity contribution in [2.24, 2.45) is 0 Å². The molecule has 2 N–H and O–H groups in total. The molecule has 76 valence electrons. The molecule has 2 fully saturated rings. The molecule has 1 unspecified atom stereocenters. The average Bonchev–Trinajstić information content (AvgIpc) is 2.53. The first-order chi connectivity index (χ1) is 6.34. The van der Waals surface area contributed by atoms with Crippen LogP contribution in [-0.4, -0.2) is 30.0 Å². The Morgan fingerprint density at radius 1 is 1.31 bits per heavy atom. The summed E-state index contributed by atoms with van der Waals surface area (Å²) in [5.74, 6) is 0. The third-order valence-electron chi connectivity index (χ3n) is 2.82. The molecule has 0 aromatic rings. The normalized spacial score (nSPS) is 32.5. The molecule has 3 nitrogen and oxygen atoms in total. The lowest BCUT2D eigenvalue weighted by Crippen LogP contribution is -2.39. The van der Waals surface area contributed by atoms with Crippen LogP contribution in [0.25, 0.3) is 0 Å². The Balaban J connectivity index is 1.71. The smallest absolute Gasteiger partial charge is 0.0836 e. The zero-order valence-electron chi connectivity index (χ0n) is 8.25. The molecule has 0 radical (unpaired) electrons. The summed E-state index contributed by atoms with van der Waals surface area (Å²) in [6.07, 6.45) is 7.02. The summed E-state index contributed by atoms with van der Waals surface area (Å²) >= 11 is 1.81.